The van der Waals surface area contributed by atoms with Crippen LogP contribution >= 0.6 is 0 Å². The Morgan fingerprint density at radius 1 is 0.800 bits per heavy atom. The first-order valence-electron chi connectivity index (χ1n) is 10.4. The van der Waals surface area contributed by atoms with Crippen LogP contribution in [0.3, 0.4) is 0 Å². The molecule has 0 bridgehead atoms. The Labute approximate surface area is 178 Å². The lowest BCUT2D eigenvalue weighted by Crippen LogP contribution is -2.38. The molecule has 6 heteroatoms. The highest BCUT2D eigenvalue weighted by atomic mass is 16.5. The number of aryl methyl sites for hydroxylation is 1. The molecule has 30 heavy (non-hydrogen) atoms. The van der Waals surface area contributed by atoms with Crippen LogP contribution in [0.4, 0.5) is 0 Å². The van der Waals surface area contributed by atoms with Crippen molar-refractivity contribution < 1.29 is 19.1 Å². The molecule has 0 aromatic heterocycles. The molecule has 1 aliphatic heterocycles. The van der Waals surface area contributed by atoms with E-state index in [-0.39, 0.29) is 11.8 Å². The predicted octanol–water partition coefficient (Wildman–Crippen LogP) is 2.94. The molecule has 0 spiro atoms. The molecule has 0 unspecified atom stereocenters. The van der Waals surface area contributed by atoms with Gasteiger partial charge in [-0.1, -0.05) is 36.4 Å². The summed E-state index contributed by atoms with van der Waals surface area (Å²) in [6.45, 7) is 2.57. The molecular weight excluding hydrogens is 380 g/mol. The van der Waals surface area contributed by atoms with Gasteiger partial charge in [0.2, 0.25) is 11.8 Å². The SMILES string of the molecule is COc1ccc(CCC(=O)N2CCCN(C(=O)Cc3ccccc3)CC2)cc1OC. The van der Waals surface area contributed by atoms with Crippen LogP contribution in [-0.4, -0.2) is 62.0 Å². The summed E-state index contributed by atoms with van der Waals surface area (Å²) >= 11 is 0. The number of carbonyl (C=O) groups is 2. The molecule has 0 aliphatic carbocycles. The van der Waals surface area contributed by atoms with E-state index in [1.54, 1.807) is 14.2 Å². The van der Waals surface area contributed by atoms with Gasteiger partial charge in [-0.15, -0.1) is 0 Å². The van der Waals surface area contributed by atoms with Crippen molar-refractivity contribution in [3.63, 3.8) is 0 Å². The number of methoxy groups -OCH3 is 2. The third-order valence-electron chi connectivity index (χ3n) is 5.47. The first-order chi connectivity index (χ1) is 14.6. The fraction of sp³-hybridized carbons (Fsp3) is 0.417. The maximum atomic E-state index is 12.7. The van der Waals surface area contributed by atoms with Gasteiger partial charge in [-0.25, -0.2) is 0 Å². The largest absolute Gasteiger partial charge is 0.493 e. The highest BCUT2D eigenvalue weighted by molar-refractivity contribution is 5.79. The summed E-state index contributed by atoms with van der Waals surface area (Å²) in [5.41, 5.74) is 2.06. The molecule has 1 saturated heterocycles. The molecule has 160 valence electrons. The number of nitrogens with zero attached hydrogens (tertiary/aromatic N) is 2. The first kappa shape index (κ1) is 21.7. The molecule has 6 nitrogen and oxygen atoms in total. The summed E-state index contributed by atoms with van der Waals surface area (Å²) < 4.78 is 10.6. The Morgan fingerprint density at radius 3 is 2.13 bits per heavy atom. The second kappa shape index (κ2) is 10.7. The van der Waals surface area contributed by atoms with E-state index in [0.29, 0.717) is 56.9 Å². The van der Waals surface area contributed by atoms with Crippen LogP contribution in [0.2, 0.25) is 0 Å². The second-order valence-electron chi connectivity index (χ2n) is 7.47. The Morgan fingerprint density at radius 2 is 1.47 bits per heavy atom. The lowest BCUT2D eigenvalue weighted by Gasteiger charge is -2.22. The van der Waals surface area contributed by atoms with Crippen LogP contribution in [0.1, 0.15) is 24.0 Å². The number of rotatable bonds is 7. The summed E-state index contributed by atoms with van der Waals surface area (Å²) in [7, 11) is 3.21. The third kappa shape index (κ3) is 5.75. The van der Waals surface area contributed by atoms with Crippen LogP contribution < -0.4 is 9.47 Å². The fourth-order valence-corrected chi connectivity index (χ4v) is 3.74. The monoisotopic (exact) mass is 410 g/mol. The number of hydrogen-bond acceptors (Lipinski definition) is 4. The molecule has 2 aromatic rings. The van der Waals surface area contributed by atoms with Gasteiger partial charge >= 0.3 is 0 Å². The molecule has 0 atom stereocenters. The molecule has 2 amide bonds. The zero-order valence-corrected chi connectivity index (χ0v) is 17.8. The smallest absolute Gasteiger partial charge is 0.227 e. The maximum Gasteiger partial charge on any atom is 0.227 e. The molecule has 0 saturated carbocycles. The van der Waals surface area contributed by atoms with Gasteiger partial charge in [0.05, 0.1) is 20.6 Å². The van der Waals surface area contributed by atoms with Crippen molar-refractivity contribution in [2.24, 2.45) is 0 Å². The van der Waals surface area contributed by atoms with Gasteiger partial charge in [0.1, 0.15) is 0 Å². The standard InChI is InChI=1S/C24H30N2O4/c1-29-21-11-9-20(17-22(21)30-2)10-12-23(27)25-13-6-14-26(16-15-25)24(28)18-19-7-4-3-5-8-19/h3-5,7-9,11,17H,6,10,12-16,18H2,1-2H3. The summed E-state index contributed by atoms with van der Waals surface area (Å²) in [5, 5.41) is 0. The molecule has 0 radical (unpaired) electrons. The minimum absolute atomic E-state index is 0.126. The second-order valence-corrected chi connectivity index (χ2v) is 7.47. The number of amides is 2. The molecule has 1 fully saturated rings. The minimum Gasteiger partial charge on any atom is -0.493 e. The van der Waals surface area contributed by atoms with E-state index < -0.39 is 0 Å². The van der Waals surface area contributed by atoms with E-state index in [1.165, 1.54) is 0 Å². The van der Waals surface area contributed by atoms with Crippen LogP contribution in [0.25, 0.3) is 0 Å². The summed E-state index contributed by atoms with van der Waals surface area (Å²) in [6.07, 6.45) is 2.30. The van der Waals surface area contributed by atoms with E-state index in [1.807, 2.05) is 58.3 Å². The summed E-state index contributed by atoms with van der Waals surface area (Å²) in [6, 6.07) is 15.5. The Bertz CT molecular complexity index is 854. The molecule has 1 aliphatic rings. The third-order valence-corrected chi connectivity index (χ3v) is 5.47. The number of hydrogen-bond donors (Lipinski definition) is 0. The molecule has 1 heterocycles. The first-order valence-corrected chi connectivity index (χ1v) is 10.4. The van der Waals surface area contributed by atoms with Gasteiger partial charge in [-0.2, -0.15) is 0 Å². The molecule has 0 N–H and O–H groups in total. The van der Waals surface area contributed by atoms with Crippen molar-refractivity contribution in [3.05, 3.63) is 59.7 Å². The van der Waals surface area contributed by atoms with Crippen molar-refractivity contribution in [1.29, 1.82) is 0 Å². The number of benzene rings is 2. The van der Waals surface area contributed by atoms with Crippen LogP contribution in [0, 0.1) is 0 Å². The van der Waals surface area contributed by atoms with Gasteiger partial charge in [0.15, 0.2) is 11.5 Å². The van der Waals surface area contributed by atoms with E-state index in [4.69, 9.17) is 9.47 Å². The summed E-state index contributed by atoms with van der Waals surface area (Å²) in [5.74, 6) is 1.60. The molecular formula is C24H30N2O4. The van der Waals surface area contributed by atoms with Crippen LogP contribution in [-0.2, 0) is 22.4 Å². The van der Waals surface area contributed by atoms with Crippen molar-refractivity contribution in [2.75, 3.05) is 40.4 Å². The summed E-state index contributed by atoms with van der Waals surface area (Å²) in [4.78, 5) is 29.1. The number of ether oxygens (including phenoxy) is 2. The highest BCUT2D eigenvalue weighted by Gasteiger charge is 2.22. The Kier molecular flexibility index (Phi) is 7.71. The van der Waals surface area contributed by atoms with Gasteiger partial charge in [-0.05, 0) is 36.1 Å². The quantitative estimate of drug-likeness (QED) is 0.704. The average molecular weight is 411 g/mol. The Balaban J connectivity index is 1.50. The van der Waals surface area contributed by atoms with Crippen LogP contribution in [0.5, 0.6) is 11.5 Å². The zero-order chi connectivity index (χ0) is 21.3. The lowest BCUT2D eigenvalue weighted by atomic mass is 10.1. The van der Waals surface area contributed by atoms with Crippen molar-refractivity contribution in [3.8, 4) is 11.5 Å². The van der Waals surface area contributed by atoms with E-state index in [0.717, 1.165) is 17.5 Å². The molecule has 2 aromatic carbocycles. The number of carbonyl (C=O) groups excluding carboxylic acids is 2. The van der Waals surface area contributed by atoms with Gasteiger partial charge in [0.25, 0.3) is 0 Å². The van der Waals surface area contributed by atoms with Gasteiger partial charge < -0.3 is 19.3 Å². The normalized spacial score (nSPS) is 14.2. The fourth-order valence-electron chi connectivity index (χ4n) is 3.74. The van der Waals surface area contributed by atoms with E-state index in [9.17, 15) is 9.59 Å². The Hall–Kier alpha value is -3.02. The van der Waals surface area contributed by atoms with Crippen LogP contribution in [0.15, 0.2) is 48.5 Å². The van der Waals surface area contributed by atoms with Gasteiger partial charge in [0, 0.05) is 32.6 Å². The molecule has 3 rings (SSSR count). The van der Waals surface area contributed by atoms with E-state index >= 15 is 0 Å². The van der Waals surface area contributed by atoms with Crippen molar-refractivity contribution in [1.82, 2.24) is 9.80 Å². The predicted molar refractivity (Wildman–Crippen MR) is 116 cm³/mol. The van der Waals surface area contributed by atoms with E-state index in [2.05, 4.69) is 0 Å². The minimum atomic E-state index is 0.126. The highest BCUT2D eigenvalue weighted by Crippen LogP contribution is 2.28. The topological polar surface area (TPSA) is 59.1 Å². The maximum absolute atomic E-state index is 12.7. The lowest BCUT2D eigenvalue weighted by molar-refractivity contribution is -0.133. The average Bonchev–Trinajstić information content (AvgIpc) is 3.04. The zero-order valence-electron chi connectivity index (χ0n) is 17.8. The van der Waals surface area contributed by atoms with Crippen molar-refractivity contribution >= 4 is 11.8 Å². The van der Waals surface area contributed by atoms with Crippen molar-refractivity contribution in [2.45, 2.75) is 25.7 Å². The van der Waals surface area contributed by atoms with Gasteiger partial charge in [-0.3, -0.25) is 9.59 Å².